The van der Waals surface area contributed by atoms with Crippen LogP contribution in [-0.4, -0.2) is 5.91 Å². The molecule has 106 valence electrons. The van der Waals surface area contributed by atoms with Crippen LogP contribution in [0.3, 0.4) is 0 Å². The van der Waals surface area contributed by atoms with Gasteiger partial charge in [0.15, 0.2) is 0 Å². The first-order valence-electron chi connectivity index (χ1n) is 6.63. The zero-order chi connectivity index (χ0) is 15.9. The molecule has 0 aliphatic heterocycles. The Balaban J connectivity index is 2.22. The Morgan fingerprint density at radius 2 is 1.77 bits per heavy atom. The second kappa shape index (κ2) is 6.88. The first kappa shape index (κ1) is 15.0. The quantitative estimate of drug-likeness (QED) is 0.694. The van der Waals surface area contributed by atoms with E-state index in [0.717, 1.165) is 5.56 Å². The summed E-state index contributed by atoms with van der Waals surface area (Å²) < 4.78 is 0. The minimum Gasteiger partial charge on any atom is -0.321 e. The number of hydrogen-bond donors (Lipinski definition) is 1. The summed E-state index contributed by atoms with van der Waals surface area (Å²) in [7, 11) is 0. The van der Waals surface area contributed by atoms with Crippen molar-refractivity contribution in [3.8, 4) is 12.1 Å². The van der Waals surface area contributed by atoms with Crippen molar-refractivity contribution in [2.75, 3.05) is 5.32 Å². The third kappa shape index (κ3) is 3.59. The van der Waals surface area contributed by atoms with Crippen molar-refractivity contribution in [1.29, 1.82) is 10.5 Å². The Labute approximate surface area is 128 Å². The Hall–Kier alpha value is -3.37. The van der Waals surface area contributed by atoms with E-state index < -0.39 is 5.91 Å². The van der Waals surface area contributed by atoms with Gasteiger partial charge in [-0.25, -0.2) is 0 Å². The van der Waals surface area contributed by atoms with E-state index in [9.17, 15) is 10.1 Å². The first-order chi connectivity index (χ1) is 10.6. The molecule has 2 aromatic rings. The second-order valence-electron chi connectivity index (χ2n) is 4.67. The molecule has 0 spiro atoms. The van der Waals surface area contributed by atoms with Crippen molar-refractivity contribution in [1.82, 2.24) is 0 Å². The summed E-state index contributed by atoms with van der Waals surface area (Å²) in [6.07, 6.45) is 1.49. The molecule has 1 N–H and O–H groups in total. The lowest BCUT2D eigenvalue weighted by molar-refractivity contribution is -0.112. The van der Waals surface area contributed by atoms with Crippen LogP contribution in [0.1, 0.15) is 16.7 Å². The van der Waals surface area contributed by atoms with Gasteiger partial charge >= 0.3 is 0 Å². The molecule has 2 aromatic carbocycles. The number of carbonyl (C=O) groups is 1. The molecular formula is C18H13N3O. The van der Waals surface area contributed by atoms with E-state index in [-0.39, 0.29) is 5.57 Å². The Kier molecular flexibility index (Phi) is 4.70. The van der Waals surface area contributed by atoms with Gasteiger partial charge < -0.3 is 5.32 Å². The van der Waals surface area contributed by atoms with Crippen LogP contribution in [0.5, 0.6) is 0 Å². The van der Waals surface area contributed by atoms with Crippen molar-refractivity contribution in [2.24, 2.45) is 0 Å². The molecule has 0 fully saturated rings. The number of anilines is 1. The highest BCUT2D eigenvalue weighted by Crippen LogP contribution is 2.15. The number of rotatable bonds is 3. The van der Waals surface area contributed by atoms with Crippen LogP contribution in [0.25, 0.3) is 6.08 Å². The molecule has 0 bridgehead atoms. The Morgan fingerprint density at radius 1 is 1.09 bits per heavy atom. The molecule has 0 saturated carbocycles. The van der Waals surface area contributed by atoms with E-state index in [4.69, 9.17) is 5.26 Å². The van der Waals surface area contributed by atoms with Gasteiger partial charge in [0.1, 0.15) is 11.6 Å². The third-order valence-corrected chi connectivity index (χ3v) is 3.11. The maximum atomic E-state index is 12.2. The fourth-order valence-corrected chi connectivity index (χ4v) is 1.87. The smallest absolute Gasteiger partial charge is 0.266 e. The Bertz CT molecular complexity index is 805. The maximum Gasteiger partial charge on any atom is 0.266 e. The summed E-state index contributed by atoms with van der Waals surface area (Å²) in [6.45, 7) is 1.88. The number of amides is 1. The average molecular weight is 287 g/mol. The zero-order valence-electron chi connectivity index (χ0n) is 12.0. The summed E-state index contributed by atoms with van der Waals surface area (Å²) in [5, 5.41) is 20.6. The molecule has 4 heteroatoms. The van der Waals surface area contributed by atoms with Gasteiger partial charge in [0.05, 0.1) is 11.6 Å². The molecular weight excluding hydrogens is 274 g/mol. The van der Waals surface area contributed by atoms with Crippen molar-refractivity contribution in [3.05, 3.63) is 70.8 Å². The molecule has 0 heterocycles. The number of carbonyl (C=O) groups excluding carboxylic acids is 1. The predicted octanol–water partition coefficient (Wildman–Crippen LogP) is 3.41. The van der Waals surface area contributed by atoms with Crippen LogP contribution in [0.15, 0.2) is 54.1 Å². The van der Waals surface area contributed by atoms with Gasteiger partial charge in [-0.2, -0.15) is 10.5 Å². The van der Waals surface area contributed by atoms with Crippen LogP contribution in [-0.2, 0) is 4.79 Å². The summed E-state index contributed by atoms with van der Waals surface area (Å²) >= 11 is 0. The van der Waals surface area contributed by atoms with Crippen LogP contribution in [0.2, 0.25) is 0 Å². The van der Waals surface area contributed by atoms with E-state index in [0.29, 0.717) is 16.8 Å². The highest BCUT2D eigenvalue weighted by atomic mass is 16.1. The van der Waals surface area contributed by atoms with Crippen molar-refractivity contribution >= 4 is 17.7 Å². The van der Waals surface area contributed by atoms with E-state index in [2.05, 4.69) is 5.32 Å². The molecule has 2 rings (SSSR count). The number of hydrogen-bond acceptors (Lipinski definition) is 3. The van der Waals surface area contributed by atoms with Crippen LogP contribution in [0.4, 0.5) is 5.69 Å². The molecule has 0 radical (unpaired) electrons. The zero-order valence-corrected chi connectivity index (χ0v) is 12.0. The molecule has 0 atom stereocenters. The SMILES string of the molecule is Cc1ccccc1NC(=O)/C(C#N)=C\c1ccc(C#N)cc1. The minimum atomic E-state index is -0.457. The molecule has 4 nitrogen and oxygen atoms in total. The topological polar surface area (TPSA) is 76.7 Å². The molecule has 0 aliphatic rings. The van der Waals surface area contributed by atoms with Crippen molar-refractivity contribution in [3.63, 3.8) is 0 Å². The molecule has 0 saturated heterocycles. The second-order valence-corrected chi connectivity index (χ2v) is 4.67. The fourth-order valence-electron chi connectivity index (χ4n) is 1.87. The highest BCUT2D eigenvalue weighted by molar-refractivity contribution is 6.09. The molecule has 22 heavy (non-hydrogen) atoms. The first-order valence-corrected chi connectivity index (χ1v) is 6.63. The molecule has 0 unspecified atom stereocenters. The summed E-state index contributed by atoms with van der Waals surface area (Å²) in [5.41, 5.74) is 2.82. The van der Waals surface area contributed by atoms with Crippen LogP contribution < -0.4 is 5.32 Å². The monoisotopic (exact) mass is 287 g/mol. The largest absolute Gasteiger partial charge is 0.321 e. The third-order valence-electron chi connectivity index (χ3n) is 3.11. The van der Waals surface area contributed by atoms with E-state index in [1.165, 1.54) is 6.08 Å². The van der Waals surface area contributed by atoms with Crippen molar-refractivity contribution in [2.45, 2.75) is 6.92 Å². The van der Waals surface area contributed by atoms with E-state index in [1.807, 2.05) is 37.3 Å². The van der Waals surface area contributed by atoms with Crippen LogP contribution in [0, 0.1) is 29.6 Å². The lowest BCUT2D eigenvalue weighted by atomic mass is 10.1. The number of benzene rings is 2. The number of aryl methyl sites for hydroxylation is 1. The molecule has 0 aromatic heterocycles. The maximum absolute atomic E-state index is 12.2. The lowest BCUT2D eigenvalue weighted by Crippen LogP contribution is -2.14. The van der Waals surface area contributed by atoms with Gasteiger partial charge in [-0.15, -0.1) is 0 Å². The number of nitriles is 2. The average Bonchev–Trinajstić information content (AvgIpc) is 2.55. The van der Waals surface area contributed by atoms with Gasteiger partial charge in [-0.05, 0) is 42.3 Å². The summed E-state index contributed by atoms with van der Waals surface area (Å²) in [4.78, 5) is 12.2. The van der Waals surface area contributed by atoms with Crippen molar-refractivity contribution < 1.29 is 4.79 Å². The lowest BCUT2D eigenvalue weighted by Gasteiger charge is -2.07. The van der Waals surface area contributed by atoms with Gasteiger partial charge in [0, 0.05) is 5.69 Å². The van der Waals surface area contributed by atoms with Gasteiger partial charge in [0.25, 0.3) is 5.91 Å². The van der Waals surface area contributed by atoms with E-state index >= 15 is 0 Å². The number of para-hydroxylation sites is 1. The molecule has 0 aliphatic carbocycles. The normalized spacial score (nSPS) is 10.4. The standard InChI is InChI=1S/C18H13N3O/c1-13-4-2-3-5-17(13)21-18(22)16(12-20)10-14-6-8-15(11-19)9-7-14/h2-10H,1H3,(H,21,22)/b16-10-. The highest BCUT2D eigenvalue weighted by Gasteiger charge is 2.10. The van der Waals surface area contributed by atoms with Gasteiger partial charge in [0.2, 0.25) is 0 Å². The van der Waals surface area contributed by atoms with Gasteiger partial charge in [-0.3, -0.25) is 4.79 Å². The summed E-state index contributed by atoms with van der Waals surface area (Å²) in [6, 6.07) is 17.9. The number of nitrogens with zero attached hydrogens (tertiary/aromatic N) is 2. The van der Waals surface area contributed by atoms with E-state index in [1.54, 1.807) is 30.3 Å². The van der Waals surface area contributed by atoms with Gasteiger partial charge in [-0.1, -0.05) is 30.3 Å². The minimum absolute atomic E-state index is 0.00737. The summed E-state index contributed by atoms with van der Waals surface area (Å²) in [5.74, 6) is -0.457. The Morgan fingerprint density at radius 3 is 2.36 bits per heavy atom. The number of nitrogens with one attached hydrogen (secondary N) is 1. The van der Waals surface area contributed by atoms with Crippen LogP contribution >= 0.6 is 0 Å². The predicted molar refractivity (Wildman–Crippen MR) is 84.6 cm³/mol. The fraction of sp³-hybridized carbons (Fsp3) is 0.0556. The molecule has 1 amide bonds.